The third-order valence-corrected chi connectivity index (χ3v) is 5.73. The van der Waals surface area contributed by atoms with E-state index in [1.54, 1.807) is 6.20 Å². The van der Waals surface area contributed by atoms with Gasteiger partial charge in [0.2, 0.25) is 5.91 Å². The minimum atomic E-state index is -0.0767. The molecule has 5 rings (SSSR count). The van der Waals surface area contributed by atoms with Gasteiger partial charge >= 0.3 is 0 Å². The molecule has 1 saturated heterocycles. The van der Waals surface area contributed by atoms with Gasteiger partial charge in [0, 0.05) is 37.5 Å². The number of fused-ring (bicyclic) bond motifs is 2. The molecule has 0 radical (unpaired) electrons. The summed E-state index contributed by atoms with van der Waals surface area (Å²) in [5.41, 5.74) is 5.07. The molecule has 6 heteroatoms. The number of ether oxygens (including phenoxy) is 1. The highest BCUT2D eigenvalue weighted by molar-refractivity contribution is 5.91. The van der Waals surface area contributed by atoms with Crippen molar-refractivity contribution in [3.8, 4) is 16.9 Å². The Labute approximate surface area is 168 Å². The highest BCUT2D eigenvalue weighted by Crippen LogP contribution is 2.34. The van der Waals surface area contributed by atoms with E-state index in [4.69, 9.17) is 4.74 Å². The Bertz CT molecular complexity index is 1230. The molecule has 4 aromatic rings. The number of hydrogen-bond acceptors (Lipinski definition) is 4. The summed E-state index contributed by atoms with van der Waals surface area (Å²) in [5.74, 6) is 1.06. The molecule has 146 valence electrons. The number of nitrogens with one attached hydrogen (secondary N) is 1. The lowest BCUT2D eigenvalue weighted by Gasteiger charge is -2.21. The fourth-order valence-electron chi connectivity index (χ4n) is 3.97. The Hall–Kier alpha value is -3.41. The largest absolute Gasteiger partial charge is 0.490 e. The molecule has 0 bridgehead atoms. The molecule has 1 aliphatic rings. The number of aryl methyl sites for hydroxylation is 1. The van der Waals surface area contributed by atoms with Crippen LogP contribution in [-0.4, -0.2) is 33.1 Å². The van der Waals surface area contributed by atoms with E-state index in [2.05, 4.69) is 39.6 Å². The first-order valence-corrected chi connectivity index (χ1v) is 9.82. The molecular weight excluding hydrogens is 364 g/mol. The minimum Gasteiger partial charge on any atom is -0.490 e. The van der Waals surface area contributed by atoms with Crippen molar-refractivity contribution >= 4 is 27.8 Å². The van der Waals surface area contributed by atoms with Gasteiger partial charge in [0.25, 0.3) is 0 Å². The van der Waals surface area contributed by atoms with E-state index in [9.17, 15) is 4.79 Å². The van der Waals surface area contributed by atoms with Gasteiger partial charge in [0.15, 0.2) is 0 Å². The first-order valence-electron chi connectivity index (χ1n) is 9.82. The predicted molar refractivity (Wildman–Crippen MR) is 113 cm³/mol. The molecule has 0 saturated carbocycles. The lowest BCUT2D eigenvalue weighted by molar-refractivity contribution is -0.119. The molecule has 2 aromatic carbocycles. The van der Waals surface area contributed by atoms with Crippen molar-refractivity contribution in [1.82, 2.24) is 19.9 Å². The molecular formula is C23H22N4O2. The van der Waals surface area contributed by atoms with Gasteiger partial charge in [0.1, 0.15) is 11.9 Å². The maximum absolute atomic E-state index is 11.6. The molecule has 2 atom stereocenters. The van der Waals surface area contributed by atoms with Crippen LogP contribution in [0, 0.1) is 5.92 Å². The first-order chi connectivity index (χ1) is 14.1. The fraction of sp³-hybridized carbons (Fsp3) is 0.261. The zero-order chi connectivity index (χ0) is 20.0. The van der Waals surface area contributed by atoms with Crippen LogP contribution in [0.5, 0.6) is 5.75 Å². The number of pyridine rings is 1. The Kier molecular flexibility index (Phi) is 4.19. The van der Waals surface area contributed by atoms with Gasteiger partial charge < -0.3 is 14.6 Å². The SMILES string of the molecule is C[C@@H](Oc1cc(-c2ccc3ncn(C)c3c2)cc2ncccc12)[C@H]1CNC(=O)C1. The van der Waals surface area contributed by atoms with E-state index < -0.39 is 0 Å². The highest BCUT2D eigenvalue weighted by Gasteiger charge is 2.28. The van der Waals surface area contributed by atoms with Crippen LogP contribution in [0.15, 0.2) is 55.0 Å². The topological polar surface area (TPSA) is 69.0 Å². The molecule has 6 nitrogen and oxygen atoms in total. The van der Waals surface area contributed by atoms with Crippen molar-refractivity contribution in [3.05, 3.63) is 55.0 Å². The summed E-state index contributed by atoms with van der Waals surface area (Å²) in [6.07, 6.45) is 4.05. The van der Waals surface area contributed by atoms with Gasteiger partial charge in [-0.25, -0.2) is 4.98 Å². The molecule has 1 N–H and O–H groups in total. The molecule has 1 aliphatic heterocycles. The van der Waals surface area contributed by atoms with Gasteiger partial charge in [-0.2, -0.15) is 0 Å². The highest BCUT2D eigenvalue weighted by atomic mass is 16.5. The molecule has 29 heavy (non-hydrogen) atoms. The average molecular weight is 386 g/mol. The number of carbonyl (C=O) groups is 1. The molecule has 2 aromatic heterocycles. The van der Waals surface area contributed by atoms with Crippen LogP contribution < -0.4 is 10.1 Å². The minimum absolute atomic E-state index is 0.0767. The van der Waals surface area contributed by atoms with E-state index in [1.807, 2.05) is 43.1 Å². The Morgan fingerprint density at radius 3 is 2.86 bits per heavy atom. The molecule has 0 aliphatic carbocycles. The number of aromatic nitrogens is 3. The Morgan fingerprint density at radius 1 is 1.14 bits per heavy atom. The van der Waals surface area contributed by atoms with Gasteiger partial charge in [0.05, 0.1) is 22.9 Å². The number of rotatable bonds is 4. The number of carbonyl (C=O) groups excluding carboxylic acids is 1. The zero-order valence-electron chi connectivity index (χ0n) is 16.4. The summed E-state index contributed by atoms with van der Waals surface area (Å²) in [4.78, 5) is 20.5. The van der Waals surface area contributed by atoms with Gasteiger partial charge in [-0.15, -0.1) is 0 Å². The second-order valence-electron chi connectivity index (χ2n) is 7.69. The van der Waals surface area contributed by atoms with E-state index >= 15 is 0 Å². The quantitative estimate of drug-likeness (QED) is 0.581. The monoisotopic (exact) mass is 386 g/mol. The van der Waals surface area contributed by atoms with Crippen molar-refractivity contribution in [3.63, 3.8) is 0 Å². The summed E-state index contributed by atoms with van der Waals surface area (Å²) < 4.78 is 8.38. The summed E-state index contributed by atoms with van der Waals surface area (Å²) in [6.45, 7) is 2.69. The van der Waals surface area contributed by atoms with E-state index in [0.717, 1.165) is 38.8 Å². The van der Waals surface area contributed by atoms with Crippen LogP contribution in [0.1, 0.15) is 13.3 Å². The number of imidazole rings is 1. The second-order valence-corrected chi connectivity index (χ2v) is 7.69. The maximum atomic E-state index is 11.6. The number of nitrogens with zero attached hydrogens (tertiary/aromatic N) is 3. The van der Waals surface area contributed by atoms with E-state index in [-0.39, 0.29) is 17.9 Å². The van der Waals surface area contributed by atoms with E-state index in [0.29, 0.717) is 13.0 Å². The van der Waals surface area contributed by atoms with Crippen LogP contribution in [-0.2, 0) is 11.8 Å². The molecule has 1 fully saturated rings. The fourth-order valence-corrected chi connectivity index (χ4v) is 3.97. The third kappa shape index (κ3) is 3.20. The third-order valence-electron chi connectivity index (χ3n) is 5.73. The number of amides is 1. The number of benzene rings is 2. The smallest absolute Gasteiger partial charge is 0.220 e. The molecule has 0 unspecified atom stereocenters. The molecule has 3 heterocycles. The van der Waals surface area contributed by atoms with Gasteiger partial charge in [-0.1, -0.05) is 6.07 Å². The summed E-state index contributed by atoms with van der Waals surface area (Å²) in [6, 6.07) is 14.4. The average Bonchev–Trinajstić information content (AvgIpc) is 3.33. The van der Waals surface area contributed by atoms with Crippen LogP contribution >= 0.6 is 0 Å². The summed E-state index contributed by atoms with van der Waals surface area (Å²) >= 11 is 0. The van der Waals surface area contributed by atoms with Crippen molar-refractivity contribution in [1.29, 1.82) is 0 Å². The van der Waals surface area contributed by atoms with Crippen molar-refractivity contribution in [2.24, 2.45) is 13.0 Å². The Morgan fingerprint density at radius 2 is 2.03 bits per heavy atom. The van der Waals surface area contributed by atoms with Crippen molar-refractivity contribution in [2.75, 3.05) is 6.54 Å². The normalized spacial score (nSPS) is 17.6. The second kappa shape index (κ2) is 6.88. The standard InChI is InChI=1S/C23H22N4O2/c1-14(17-11-23(28)25-12-17)29-22-10-16(8-20-18(22)4-3-7-24-20)15-5-6-19-21(9-15)27(2)13-26-19/h3-10,13-14,17H,11-12H2,1-2H3,(H,25,28)/t14-,17-/m1/s1. The van der Waals surface area contributed by atoms with Crippen LogP contribution in [0.3, 0.4) is 0 Å². The summed E-state index contributed by atoms with van der Waals surface area (Å²) in [5, 5.41) is 3.86. The van der Waals surface area contributed by atoms with Crippen LogP contribution in [0.2, 0.25) is 0 Å². The predicted octanol–water partition coefficient (Wildman–Crippen LogP) is 3.69. The van der Waals surface area contributed by atoms with Crippen LogP contribution in [0.25, 0.3) is 33.1 Å². The Balaban J connectivity index is 1.57. The lowest BCUT2D eigenvalue weighted by Crippen LogP contribution is -2.25. The molecule has 1 amide bonds. The molecule has 0 spiro atoms. The van der Waals surface area contributed by atoms with Crippen LogP contribution in [0.4, 0.5) is 0 Å². The van der Waals surface area contributed by atoms with Crippen molar-refractivity contribution < 1.29 is 9.53 Å². The van der Waals surface area contributed by atoms with Gasteiger partial charge in [-0.3, -0.25) is 9.78 Å². The first kappa shape index (κ1) is 17.7. The van der Waals surface area contributed by atoms with E-state index in [1.165, 1.54) is 0 Å². The summed E-state index contributed by atoms with van der Waals surface area (Å²) in [7, 11) is 1.99. The lowest BCUT2D eigenvalue weighted by atomic mass is 10.0. The van der Waals surface area contributed by atoms with Crippen molar-refractivity contribution in [2.45, 2.75) is 19.4 Å². The van der Waals surface area contributed by atoms with Gasteiger partial charge in [-0.05, 0) is 54.4 Å². The number of hydrogen-bond donors (Lipinski definition) is 1. The zero-order valence-corrected chi connectivity index (χ0v) is 16.4. The maximum Gasteiger partial charge on any atom is 0.220 e.